The summed E-state index contributed by atoms with van der Waals surface area (Å²) >= 11 is 0. The van der Waals surface area contributed by atoms with Gasteiger partial charge in [0, 0.05) is 26.2 Å². The zero-order valence-electron chi connectivity index (χ0n) is 18.8. The zero-order valence-corrected chi connectivity index (χ0v) is 18.8. The highest BCUT2D eigenvalue weighted by Gasteiger charge is 2.72. The molecule has 3 saturated heterocycles. The highest BCUT2D eigenvalue weighted by Crippen LogP contribution is 2.59. The number of likely N-dealkylation sites (tertiary alicyclic amines) is 1. The van der Waals surface area contributed by atoms with Crippen molar-refractivity contribution in [1.82, 2.24) is 10.2 Å². The van der Waals surface area contributed by atoms with Gasteiger partial charge in [0.2, 0.25) is 0 Å². The number of carboxylic acids is 1. The Bertz CT molecular complexity index is 742. The van der Waals surface area contributed by atoms with Crippen LogP contribution in [-0.4, -0.2) is 91.0 Å². The Labute approximate surface area is 183 Å². The minimum atomic E-state index is -0.910. The Kier molecular flexibility index (Phi) is 6.06. The number of hydrogen-bond donors (Lipinski definition) is 2. The molecule has 31 heavy (non-hydrogen) atoms. The van der Waals surface area contributed by atoms with E-state index in [1.165, 1.54) is 5.57 Å². The van der Waals surface area contributed by atoms with Gasteiger partial charge in [-0.3, -0.25) is 4.79 Å². The highest BCUT2D eigenvalue weighted by molar-refractivity contribution is 5.70. The summed E-state index contributed by atoms with van der Waals surface area (Å²) in [5, 5.41) is 11.6. The van der Waals surface area contributed by atoms with E-state index in [4.69, 9.17) is 24.1 Å². The first-order chi connectivity index (χ1) is 14.7. The summed E-state index contributed by atoms with van der Waals surface area (Å²) in [5.74, 6) is -0.916. The SMILES string of the molecule is CO[C@@H]1[C@H](OC(=O)N2CC(NCC(=O)O)C2)CC[C@]2(CO2)[C@H]1[C@@]1(C)OC1CC=C(C)C. The molecule has 1 amide bonds. The fourth-order valence-electron chi connectivity index (χ4n) is 5.26. The number of nitrogens with zero attached hydrogens (tertiary/aromatic N) is 1. The van der Waals surface area contributed by atoms with Crippen molar-refractivity contribution in [3.63, 3.8) is 0 Å². The Morgan fingerprint density at radius 3 is 2.61 bits per heavy atom. The number of methoxy groups -OCH3 is 1. The summed E-state index contributed by atoms with van der Waals surface area (Å²) in [6.07, 6.45) is 3.60. The second-order valence-electron chi connectivity index (χ2n) is 9.68. The number of allylic oxidation sites excluding steroid dienone is 1. The third-order valence-corrected chi connectivity index (χ3v) is 7.17. The quantitative estimate of drug-likeness (QED) is 0.434. The maximum absolute atomic E-state index is 12.7. The van der Waals surface area contributed by atoms with Crippen LogP contribution in [0.1, 0.15) is 40.0 Å². The predicted octanol–water partition coefficient (Wildman–Crippen LogP) is 1.56. The van der Waals surface area contributed by atoms with E-state index >= 15 is 0 Å². The standard InChI is InChI=1S/C22H34N2O7/c1-13(2)5-6-16-21(3,31-16)19-18(28-4)15(7-8-22(19)12-29-22)30-20(27)24-10-14(11-24)23-9-17(25)26/h5,14-16,18-19,23H,6-12H2,1-4H3,(H,25,26)/t15-,16?,18-,19-,21+,22+/m1/s1. The van der Waals surface area contributed by atoms with Crippen LogP contribution in [0, 0.1) is 5.92 Å². The van der Waals surface area contributed by atoms with Gasteiger partial charge in [0.15, 0.2) is 0 Å². The molecule has 0 aromatic rings. The molecule has 1 saturated carbocycles. The second-order valence-corrected chi connectivity index (χ2v) is 9.68. The van der Waals surface area contributed by atoms with Crippen molar-refractivity contribution in [2.24, 2.45) is 5.92 Å². The first-order valence-electron chi connectivity index (χ1n) is 11.1. The molecule has 1 unspecified atom stereocenters. The third kappa shape index (κ3) is 4.46. The van der Waals surface area contributed by atoms with Crippen molar-refractivity contribution in [3.05, 3.63) is 11.6 Å². The fraction of sp³-hybridized carbons (Fsp3) is 0.818. The largest absolute Gasteiger partial charge is 0.480 e. The van der Waals surface area contributed by atoms with Crippen LogP contribution in [0.4, 0.5) is 4.79 Å². The van der Waals surface area contributed by atoms with Crippen LogP contribution >= 0.6 is 0 Å². The molecule has 3 heterocycles. The van der Waals surface area contributed by atoms with E-state index in [-0.39, 0.29) is 54.1 Å². The lowest BCUT2D eigenvalue weighted by Crippen LogP contribution is -2.62. The van der Waals surface area contributed by atoms with E-state index in [0.29, 0.717) is 26.1 Å². The van der Waals surface area contributed by atoms with Crippen LogP contribution in [0.2, 0.25) is 0 Å². The summed E-state index contributed by atoms with van der Waals surface area (Å²) < 4.78 is 23.9. The molecule has 2 N–H and O–H groups in total. The topological polar surface area (TPSA) is 113 Å². The Morgan fingerprint density at radius 1 is 1.32 bits per heavy atom. The molecule has 0 bridgehead atoms. The molecule has 6 atom stereocenters. The normalized spacial score (nSPS) is 39.0. The molecule has 4 rings (SSSR count). The monoisotopic (exact) mass is 438 g/mol. The van der Waals surface area contributed by atoms with Gasteiger partial charge in [-0.05, 0) is 40.0 Å². The molecule has 0 radical (unpaired) electrons. The first-order valence-corrected chi connectivity index (χ1v) is 11.1. The number of hydrogen-bond acceptors (Lipinski definition) is 7. The number of carboxylic acid groups (broad SMARTS) is 1. The van der Waals surface area contributed by atoms with Crippen LogP contribution < -0.4 is 5.32 Å². The smallest absolute Gasteiger partial charge is 0.410 e. The van der Waals surface area contributed by atoms with Gasteiger partial charge in [-0.1, -0.05) is 11.6 Å². The number of ether oxygens (including phenoxy) is 4. The summed E-state index contributed by atoms with van der Waals surface area (Å²) in [4.78, 5) is 24.9. The van der Waals surface area contributed by atoms with Crippen molar-refractivity contribution >= 4 is 12.1 Å². The third-order valence-electron chi connectivity index (χ3n) is 7.17. The van der Waals surface area contributed by atoms with E-state index < -0.39 is 5.97 Å². The van der Waals surface area contributed by atoms with E-state index in [1.807, 2.05) is 0 Å². The fourth-order valence-corrected chi connectivity index (χ4v) is 5.26. The molecular formula is C22H34N2O7. The Morgan fingerprint density at radius 2 is 2.03 bits per heavy atom. The number of amides is 1. The van der Waals surface area contributed by atoms with E-state index in [0.717, 1.165) is 12.8 Å². The van der Waals surface area contributed by atoms with Crippen LogP contribution in [0.15, 0.2) is 11.6 Å². The van der Waals surface area contributed by atoms with Gasteiger partial charge < -0.3 is 34.3 Å². The molecule has 9 heteroatoms. The Hall–Kier alpha value is -1.68. The van der Waals surface area contributed by atoms with Crippen molar-refractivity contribution < 1.29 is 33.6 Å². The lowest BCUT2D eigenvalue weighted by atomic mass is 9.68. The number of carbonyl (C=O) groups excluding carboxylic acids is 1. The summed E-state index contributed by atoms with van der Waals surface area (Å²) in [6.45, 7) is 7.74. The maximum Gasteiger partial charge on any atom is 0.410 e. The number of nitrogens with one attached hydrogen (secondary N) is 1. The molecule has 0 aromatic carbocycles. The molecule has 174 valence electrons. The number of carbonyl (C=O) groups is 2. The van der Waals surface area contributed by atoms with Crippen molar-refractivity contribution in [2.75, 3.05) is 33.4 Å². The second kappa shape index (κ2) is 8.35. The van der Waals surface area contributed by atoms with Gasteiger partial charge in [-0.2, -0.15) is 0 Å². The molecule has 0 aromatic heterocycles. The summed E-state index contributed by atoms with van der Waals surface area (Å²) in [5.41, 5.74) is 0.650. The first kappa shape index (κ1) is 22.5. The molecule has 3 aliphatic heterocycles. The summed E-state index contributed by atoms with van der Waals surface area (Å²) in [6, 6.07) is -0.0151. The lowest BCUT2D eigenvalue weighted by Gasteiger charge is -2.44. The molecular weight excluding hydrogens is 404 g/mol. The van der Waals surface area contributed by atoms with Gasteiger partial charge in [0.1, 0.15) is 23.4 Å². The number of rotatable bonds is 8. The van der Waals surface area contributed by atoms with Gasteiger partial charge in [0.05, 0.1) is 25.2 Å². The number of aliphatic carboxylic acids is 1. The minimum absolute atomic E-state index is 0.00603. The lowest BCUT2D eigenvalue weighted by molar-refractivity contribution is -0.136. The van der Waals surface area contributed by atoms with Crippen LogP contribution in [0.25, 0.3) is 0 Å². The van der Waals surface area contributed by atoms with Gasteiger partial charge in [-0.15, -0.1) is 0 Å². The van der Waals surface area contributed by atoms with E-state index in [1.54, 1.807) is 12.0 Å². The molecule has 9 nitrogen and oxygen atoms in total. The minimum Gasteiger partial charge on any atom is -0.480 e. The average molecular weight is 439 g/mol. The molecule has 1 spiro atoms. The Balaban J connectivity index is 1.37. The van der Waals surface area contributed by atoms with Gasteiger partial charge in [0.25, 0.3) is 0 Å². The highest BCUT2D eigenvalue weighted by atomic mass is 16.6. The number of epoxide rings is 2. The van der Waals surface area contributed by atoms with Crippen molar-refractivity contribution in [3.8, 4) is 0 Å². The average Bonchev–Trinajstić information content (AvgIpc) is 3.57. The van der Waals surface area contributed by atoms with Gasteiger partial charge >= 0.3 is 12.1 Å². The predicted molar refractivity (Wildman–Crippen MR) is 111 cm³/mol. The van der Waals surface area contributed by atoms with Crippen molar-refractivity contribution in [1.29, 1.82) is 0 Å². The van der Waals surface area contributed by atoms with Gasteiger partial charge in [-0.25, -0.2) is 4.79 Å². The van der Waals surface area contributed by atoms with Crippen LogP contribution in [0.5, 0.6) is 0 Å². The summed E-state index contributed by atoms with van der Waals surface area (Å²) in [7, 11) is 1.66. The zero-order chi connectivity index (χ0) is 22.4. The maximum atomic E-state index is 12.7. The molecule has 4 fully saturated rings. The van der Waals surface area contributed by atoms with E-state index in [9.17, 15) is 9.59 Å². The van der Waals surface area contributed by atoms with Crippen molar-refractivity contribution in [2.45, 2.75) is 75.6 Å². The van der Waals surface area contributed by atoms with Crippen LogP contribution in [-0.2, 0) is 23.7 Å². The van der Waals surface area contributed by atoms with Crippen LogP contribution in [0.3, 0.4) is 0 Å². The molecule has 4 aliphatic rings. The molecule has 1 aliphatic carbocycles. The van der Waals surface area contributed by atoms with E-state index in [2.05, 4.69) is 32.2 Å².